The molecule has 0 amide bonds. The van der Waals surface area contributed by atoms with Crippen molar-refractivity contribution in [2.75, 3.05) is 6.61 Å². The van der Waals surface area contributed by atoms with E-state index in [0.717, 1.165) is 0 Å². The van der Waals surface area contributed by atoms with Crippen molar-refractivity contribution in [3.8, 4) is 0 Å². The molecule has 7 nitrogen and oxygen atoms in total. The summed E-state index contributed by atoms with van der Waals surface area (Å²) in [5, 5.41) is 0. The van der Waals surface area contributed by atoms with E-state index in [9.17, 15) is 88.3 Å². The third-order valence-corrected chi connectivity index (χ3v) is 4.53. The van der Waals surface area contributed by atoms with Crippen molar-refractivity contribution in [2.45, 2.75) is 61.2 Å². The zero-order chi connectivity index (χ0) is 30.9. The first-order valence-electron chi connectivity index (χ1n) is 8.67. The van der Waals surface area contributed by atoms with Crippen LogP contribution >= 0.6 is 0 Å². The van der Waals surface area contributed by atoms with E-state index in [-0.39, 0.29) is 29.6 Å². The standard InChI is InChI=1S/C14H10F16O7S.Na.H/c15-7(16)11(23,24)13(27,28)9(19,20)2-4(6(32)37-38(33,34)35)1-5(31)36-3-10(21,22)14(29,30)12(25,26)8(17)18;;/h4,7-8H,1-3H2,(H,33,34,35);;. The molecule has 1 atom stereocenters. The molecule has 0 heterocycles. The van der Waals surface area contributed by atoms with Gasteiger partial charge in [0, 0.05) is 6.42 Å². The molecule has 1 N–H and O–H groups in total. The van der Waals surface area contributed by atoms with Crippen LogP contribution in [0.2, 0.25) is 0 Å². The molecule has 0 aromatic rings. The second-order valence-corrected chi connectivity index (χ2v) is 8.02. The van der Waals surface area contributed by atoms with Crippen LogP contribution in [0.3, 0.4) is 0 Å². The van der Waals surface area contributed by atoms with Crippen molar-refractivity contribution in [1.29, 1.82) is 0 Å². The zero-order valence-electron chi connectivity index (χ0n) is 17.2. The quantitative estimate of drug-likeness (QED) is 0.131. The Hall–Kier alpha value is -1.27. The summed E-state index contributed by atoms with van der Waals surface area (Å²) in [5.41, 5.74) is 0. The number of rotatable bonds is 14. The van der Waals surface area contributed by atoms with Crippen molar-refractivity contribution in [3.63, 3.8) is 0 Å². The molecule has 0 aromatic carbocycles. The van der Waals surface area contributed by atoms with Gasteiger partial charge >= 0.3 is 100 Å². The normalized spacial score (nSPS) is 15.2. The van der Waals surface area contributed by atoms with Gasteiger partial charge in [-0.25, -0.2) is 17.6 Å². The maximum atomic E-state index is 13.8. The molecule has 0 radical (unpaired) electrons. The van der Waals surface area contributed by atoms with E-state index in [4.69, 9.17) is 4.55 Å². The fraction of sp³-hybridized carbons (Fsp3) is 0.857. The third kappa shape index (κ3) is 8.86. The third-order valence-electron chi connectivity index (χ3n) is 4.16. The molecule has 0 rings (SSSR count). The van der Waals surface area contributed by atoms with Gasteiger partial charge in [-0.2, -0.15) is 61.1 Å². The molecular formula is C14H11F16NaO7S. The molecule has 0 fully saturated rings. The van der Waals surface area contributed by atoms with Crippen molar-refractivity contribution in [1.82, 2.24) is 0 Å². The summed E-state index contributed by atoms with van der Waals surface area (Å²) >= 11 is 0. The molecule has 0 aliphatic heterocycles. The Bertz CT molecular complexity index is 972. The topological polar surface area (TPSA) is 107 Å². The van der Waals surface area contributed by atoms with Crippen molar-refractivity contribution >= 4 is 51.9 Å². The van der Waals surface area contributed by atoms with Crippen LogP contribution in [0, 0.1) is 5.92 Å². The van der Waals surface area contributed by atoms with Crippen molar-refractivity contribution < 1.29 is 102 Å². The molecule has 0 spiro atoms. The number of carbonyl (C=O) groups is 2. The van der Waals surface area contributed by atoms with Gasteiger partial charge in [0.1, 0.15) is 0 Å². The predicted molar refractivity (Wildman–Crippen MR) is 90.2 cm³/mol. The molecule has 1 unspecified atom stereocenters. The zero-order valence-corrected chi connectivity index (χ0v) is 18.0. The molecule has 228 valence electrons. The minimum absolute atomic E-state index is 0. The van der Waals surface area contributed by atoms with Crippen LogP contribution in [0.15, 0.2) is 0 Å². The fourth-order valence-electron chi connectivity index (χ4n) is 2.13. The van der Waals surface area contributed by atoms with Gasteiger partial charge in [0.2, 0.25) is 0 Å². The second-order valence-electron chi connectivity index (χ2n) is 7.00. The van der Waals surface area contributed by atoms with E-state index in [0.29, 0.717) is 0 Å². The van der Waals surface area contributed by atoms with Crippen molar-refractivity contribution in [3.05, 3.63) is 0 Å². The van der Waals surface area contributed by atoms with Gasteiger partial charge in [0.25, 0.3) is 0 Å². The fourth-order valence-corrected chi connectivity index (χ4v) is 2.48. The van der Waals surface area contributed by atoms with E-state index in [2.05, 4.69) is 8.92 Å². The molecular weight excluding hydrogens is 639 g/mol. The van der Waals surface area contributed by atoms with E-state index in [1.807, 2.05) is 0 Å². The predicted octanol–water partition coefficient (Wildman–Crippen LogP) is 3.97. The van der Waals surface area contributed by atoms with Crippen LogP contribution in [0.25, 0.3) is 0 Å². The van der Waals surface area contributed by atoms with Gasteiger partial charge in [-0.05, 0) is 0 Å². The Morgan fingerprint density at radius 1 is 0.718 bits per heavy atom. The molecule has 0 aliphatic carbocycles. The van der Waals surface area contributed by atoms with Gasteiger partial charge in [-0.15, -0.1) is 0 Å². The van der Waals surface area contributed by atoms with Gasteiger partial charge < -0.3 is 8.92 Å². The summed E-state index contributed by atoms with van der Waals surface area (Å²) < 4.78 is 242. The summed E-state index contributed by atoms with van der Waals surface area (Å²) in [7, 11) is -6.09. The number of hydrogen-bond acceptors (Lipinski definition) is 6. The van der Waals surface area contributed by atoms with Crippen LogP contribution in [0.4, 0.5) is 70.2 Å². The summed E-state index contributed by atoms with van der Waals surface area (Å²) in [6, 6.07) is 0. The number of hydrogen-bond donors (Lipinski definition) is 1. The summed E-state index contributed by atoms with van der Waals surface area (Å²) in [5.74, 6) is -50.0. The van der Waals surface area contributed by atoms with E-state index in [1.54, 1.807) is 0 Å². The van der Waals surface area contributed by atoms with Gasteiger partial charge in [-0.1, -0.05) is 0 Å². The van der Waals surface area contributed by atoms with Crippen LogP contribution < -0.4 is 0 Å². The molecule has 25 heteroatoms. The van der Waals surface area contributed by atoms with Crippen LogP contribution in [-0.2, 0) is 28.9 Å². The molecule has 0 saturated heterocycles. The van der Waals surface area contributed by atoms with Crippen molar-refractivity contribution in [2.24, 2.45) is 5.92 Å². The molecule has 0 aromatic heterocycles. The SMILES string of the molecule is O=C(CC(CC(F)(F)C(F)(F)C(F)(F)C(F)F)C(=O)OS(=O)(=O)O)OCC(F)(F)C(F)(F)C(F)(F)C(F)F.[NaH]. The monoisotopic (exact) mass is 650 g/mol. The number of esters is 1. The molecule has 0 bridgehead atoms. The Labute approximate surface area is 227 Å². The first-order chi connectivity index (χ1) is 16.5. The Morgan fingerprint density at radius 2 is 1.08 bits per heavy atom. The average Bonchev–Trinajstić information content (AvgIpc) is 2.69. The second kappa shape index (κ2) is 12.7. The summed E-state index contributed by atoms with van der Waals surface area (Å²) in [6.07, 6.45) is -16.7. The maximum absolute atomic E-state index is 13.8. The number of carbonyl (C=O) groups excluding carboxylic acids is 2. The van der Waals surface area contributed by atoms with E-state index >= 15 is 0 Å². The molecule has 39 heavy (non-hydrogen) atoms. The first-order valence-corrected chi connectivity index (χ1v) is 10.0. The van der Waals surface area contributed by atoms with Gasteiger partial charge in [0.05, 0.1) is 12.3 Å². The van der Waals surface area contributed by atoms with Crippen LogP contribution in [0.5, 0.6) is 0 Å². The molecule has 0 saturated carbocycles. The van der Waals surface area contributed by atoms with E-state index in [1.165, 1.54) is 0 Å². The Morgan fingerprint density at radius 3 is 1.41 bits per heavy atom. The number of alkyl halides is 16. The summed E-state index contributed by atoms with van der Waals surface area (Å²) in [4.78, 5) is 23.0. The molecule has 0 aliphatic rings. The van der Waals surface area contributed by atoms with Crippen LogP contribution in [0.1, 0.15) is 12.8 Å². The number of halogens is 16. The van der Waals surface area contributed by atoms with E-state index < -0.39 is 96.1 Å². The van der Waals surface area contributed by atoms with Crippen LogP contribution in [-0.4, -0.2) is 109 Å². The minimum atomic E-state index is -7.11. The Kier molecular flexibility index (Phi) is 13.0. The number of ether oxygens (including phenoxy) is 1. The summed E-state index contributed by atoms with van der Waals surface area (Å²) in [6.45, 7) is -3.31. The van der Waals surface area contributed by atoms with Gasteiger partial charge in [0.15, 0.2) is 6.61 Å². The average molecular weight is 650 g/mol. The first kappa shape index (κ1) is 39.9. The van der Waals surface area contributed by atoms with Gasteiger partial charge in [-0.3, -0.25) is 14.1 Å². The Balaban J connectivity index is 0.